The highest BCUT2D eigenvalue weighted by molar-refractivity contribution is 5.97. The zero-order valence-corrected chi connectivity index (χ0v) is 17.0. The van der Waals surface area contributed by atoms with Gasteiger partial charge in [0.25, 0.3) is 0 Å². The number of nitrogens with zero attached hydrogens (tertiary/aromatic N) is 2. The third kappa shape index (κ3) is 3.83. The van der Waals surface area contributed by atoms with Crippen molar-refractivity contribution in [2.75, 3.05) is 0 Å². The van der Waals surface area contributed by atoms with Gasteiger partial charge in [0.05, 0.1) is 11.3 Å². The Morgan fingerprint density at radius 3 is 2.63 bits per heavy atom. The fourth-order valence-corrected chi connectivity index (χ4v) is 3.95. The van der Waals surface area contributed by atoms with E-state index in [-0.39, 0.29) is 11.3 Å². The van der Waals surface area contributed by atoms with Crippen LogP contribution in [0.15, 0.2) is 54.6 Å². The standard InChI is InChI=1S/C25H24N2O3/c1-2-3-11-23-26-21-9-6-10-22(28)24(21)27(23)16-17-12-14-18(15-13-17)19-7-4-5-8-20(19)25(29)30/h3-5,7-8,11-15H,2,6,9-10,16H2,1H3,(H,29,30)/b11-3+. The fraction of sp³-hybridized carbons (Fsp3) is 0.240. The second kappa shape index (κ2) is 8.49. The van der Waals surface area contributed by atoms with E-state index in [1.165, 1.54) is 0 Å². The second-order valence-electron chi connectivity index (χ2n) is 7.49. The van der Waals surface area contributed by atoms with Gasteiger partial charge in [-0.2, -0.15) is 0 Å². The van der Waals surface area contributed by atoms with Gasteiger partial charge in [0.2, 0.25) is 0 Å². The third-order valence-electron chi connectivity index (χ3n) is 5.42. The maximum Gasteiger partial charge on any atom is 0.336 e. The summed E-state index contributed by atoms with van der Waals surface area (Å²) in [6.45, 7) is 2.63. The number of carbonyl (C=O) groups excluding carboxylic acids is 1. The average molecular weight is 400 g/mol. The first-order valence-corrected chi connectivity index (χ1v) is 10.3. The maximum atomic E-state index is 12.6. The summed E-state index contributed by atoms with van der Waals surface area (Å²) in [6.07, 6.45) is 7.22. The number of hydrogen-bond acceptors (Lipinski definition) is 3. The molecule has 1 aliphatic carbocycles. The summed E-state index contributed by atoms with van der Waals surface area (Å²) in [5.74, 6) is 0.0369. The first-order chi connectivity index (χ1) is 14.6. The maximum absolute atomic E-state index is 12.6. The number of imidazole rings is 1. The van der Waals surface area contributed by atoms with Crippen molar-refractivity contribution in [1.29, 1.82) is 0 Å². The van der Waals surface area contributed by atoms with E-state index in [0.717, 1.165) is 47.6 Å². The van der Waals surface area contributed by atoms with E-state index in [0.29, 0.717) is 18.5 Å². The molecule has 0 saturated heterocycles. The summed E-state index contributed by atoms with van der Waals surface area (Å²) in [6, 6.07) is 14.8. The van der Waals surface area contributed by atoms with Crippen LogP contribution < -0.4 is 0 Å². The summed E-state index contributed by atoms with van der Waals surface area (Å²) >= 11 is 0. The number of aromatic nitrogens is 2. The Morgan fingerprint density at radius 1 is 1.13 bits per heavy atom. The Kier molecular flexibility index (Phi) is 5.61. The predicted molar refractivity (Wildman–Crippen MR) is 117 cm³/mol. The van der Waals surface area contributed by atoms with Gasteiger partial charge in [-0.3, -0.25) is 4.79 Å². The SMILES string of the molecule is CC/C=C/c1nc2c(n1Cc1ccc(-c3ccccc3C(=O)O)cc1)C(=O)CCC2. The van der Waals surface area contributed by atoms with Crippen LogP contribution in [0.1, 0.15) is 64.1 Å². The average Bonchev–Trinajstić information content (AvgIpc) is 3.11. The van der Waals surface area contributed by atoms with E-state index in [1.54, 1.807) is 12.1 Å². The number of Topliss-reactive ketones (excluding diaryl/α,β-unsaturated/α-hetero) is 1. The van der Waals surface area contributed by atoms with E-state index in [2.05, 4.69) is 13.0 Å². The van der Waals surface area contributed by atoms with Gasteiger partial charge >= 0.3 is 5.97 Å². The van der Waals surface area contributed by atoms with Gasteiger partial charge in [0, 0.05) is 13.0 Å². The molecule has 0 bridgehead atoms. The molecule has 1 aliphatic rings. The molecule has 152 valence electrons. The summed E-state index contributed by atoms with van der Waals surface area (Å²) in [4.78, 5) is 28.8. The van der Waals surface area contributed by atoms with Gasteiger partial charge in [-0.25, -0.2) is 9.78 Å². The zero-order chi connectivity index (χ0) is 21.1. The molecule has 5 heteroatoms. The first kappa shape index (κ1) is 19.8. The minimum absolute atomic E-state index is 0.159. The van der Waals surface area contributed by atoms with Crippen LogP contribution in [0.25, 0.3) is 17.2 Å². The molecule has 30 heavy (non-hydrogen) atoms. The fourth-order valence-electron chi connectivity index (χ4n) is 3.95. The lowest BCUT2D eigenvalue weighted by atomic mass is 9.98. The predicted octanol–water partition coefficient (Wildman–Crippen LogP) is 5.24. The molecule has 4 rings (SSSR count). The van der Waals surface area contributed by atoms with Crippen LogP contribution in [0, 0.1) is 0 Å². The molecule has 0 spiro atoms. The van der Waals surface area contributed by atoms with E-state index >= 15 is 0 Å². The monoisotopic (exact) mass is 400 g/mol. The van der Waals surface area contributed by atoms with Crippen LogP contribution in [0.4, 0.5) is 0 Å². The quantitative estimate of drug-likeness (QED) is 0.614. The third-order valence-corrected chi connectivity index (χ3v) is 5.42. The van der Waals surface area contributed by atoms with Crippen molar-refractivity contribution in [3.8, 4) is 11.1 Å². The highest BCUT2D eigenvalue weighted by Crippen LogP contribution is 2.27. The Labute approximate surface area is 175 Å². The van der Waals surface area contributed by atoms with Gasteiger partial charge in [-0.1, -0.05) is 55.5 Å². The van der Waals surface area contributed by atoms with Crippen LogP contribution >= 0.6 is 0 Å². The minimum Gasteiger partial charge on any atom is -0.478 e. The lowest BCUT2D eigenvalue weighted by molar-refractivity contribution is 0.0697. The number of aryl methyl sites for hydroxylation is 1. The van der Waals surface area contributed by atoms with E-state index < -0.39 is 5.97 Å². The van der Waals surface area contributed by atoms with Crippen molar-refractivity contribution in [3.05, 3.63) is 82.9 Å². The normalized spacial score (nSPS) is 13.6. The number of carbonyl (C=O) groups is 2. The molecule has 0 atom stereocenters. The molecular weight excluding hydrogens is 376 g/mol. The van der Waals surface area contributed by atoms with Gasteiger partial charge in [0.1, 0.15) is 11.5 Å². The number of allylic oxidation sites excluding steroid dienone is 1. The number of carboxylic acids is 1. The van der Waals surface area contributed by atoms with E-state index in [1.807, 2.05) is 47.0 Å². The Hall–Kier alpha value is -3.47. The Morgan fingerprint density at radius 2 is 1.90 bits per heavy atom. The summed E-state index contributed by atoms with van der Waals surface area (Å²) < 4.78 is 2.02. The van der Waals surface area contributed by atoms with Crippen LogP contribution in [-0.2, 0) is 13.0 Å². The number of hydrogen-bond donors (Lipinski definition) is 1. The van der Waals surface area contributed by atoms with Gasteiger partial charge in [0.15, 0.2) is 5.78 Å². The highest BCUT2D eigenvalue weighted by atomic mass is 16.4. The molecule has 3 aromatic rings. The summed E-state index contributed by atoms with van der Waals surface area (Å²) in [5.41, 5.74) is 4.50. The van der Waals surface area contributed by atoms with Crippen LogP contribution in [-0.4, -0.2) is 26.4 Å². The summed E-state index contributed by atoms with van der Waals surface area (Å²) in [5, 5.41) is 9.44. The molecule has 0 fully saturated rings. The molecule has 5 nitrogen and oxygen atoms in total. The topological polar surface area (TPSA) is 72.2 Å². The van der Waals surface area contributed by atoms with Gasteiger partial charge in [-0.05, 0) is 48.1 Å². The molecule has 2 aromatic carbocycles. The molecule has 0 unspecified atom stereocenters. The lowest BCUT2D eigenvalue weighted by Crippen LogP contribution is -2.16. The zero-order valence-electron chi connectivity index (χ0n) is 17.0. The minimum atomic E-state index is -0.939. The van der Waals surface area contributed by atoms with Crippen LogP contribution in [0.2, 0.25) is 0 Å². The van der Waals surface area contributed by atoms with Crippen molar-refractivity contribution >= 4 is 17.8 Å². The number of ketones is 1. The first-order valence-electron chi connectivity index (χ1n) is 10.3. The number of rotatable bonds is 6. The molecule has 1 heterocycles. The molecule has 1 aromatic heterocycles. The van der Waals surface area contributed by atoms with Crippen molar-refractivity contribution < 1.29 is 14.7 Å². The number of fused-ring (bicyclic) bond motifs is 1. The van der Waals surface area contributed by atoms with Gasteiger partial charge in [-0.15, -0.1) is 0 Å². The number of carboxylic acid groups (broad SMARTS) is 1. The van der Waals surface area contributed by atoms with E-state index in [9.17, 15) is 14.7 Å². The number of aromatic carboxylic acids is 1. The largest absolute Gasteiger partial charge is 0.478 e. The van der Waals surface area contributed by atoms with Gasteiger partial charge < -0.3 is 9.67 Å². The summed E-state index contributed by atoms with van der Waals surface area (Å²) in [7, 11) is 0. The van der Waals surface area contributed by atoms with Crippen molar-refractivity contribution in [1.82, 2.24) is 9.55 Å². The highest BCUT2D eigenvalue weighted by Gasteiger charge is 2.25. The molecule has 0 radical (unpaired) electrons. The van der Waals surface area contributed by atoms with E-state index in [4.69, 9.17) is 4.98 Å². The smallest absolute Gasteiger partial charge is 0.336 e. The second-order valence-corrected chi connectivity index (χ2v) is 7.49. The molecule has 0 saturated carbocycles. The van der Waals surface area contributed by atoms with Crippen LogP contribution in [0.3, 0.4) is 0 Å². The van der Waals surface area contributed by atoms with Crippen molar-refractivity contribution in [2.24, 2.45) is 0 Å². The Balaban J connectivity index is 1.68. The number of benzene rings is 2. The van der Waals surface area contributed by atoms with Crippen molar-refractivity contribution in [2.45, 2.75) is 39.2 Å². The molecular formula is C25H24N2O3. The van der Waals surface area contributed by atoms with Crippen LogP contribution in [0.5, 0.6) is 0 Å². The Bertz CT molecular complexity index is 1120. The lowest BCUT2D eigenvalue weighted by Gasteiger charge is -2.14. The van der Waals surface area contributed by atoms with Crippen molar-refractivity contribution in [3.63, 3.8) is 0 Å². The molecule has 0 aliphatic heterocycles. The molecule has 1 N–H and O–H groups in total. The molecule has 0 amide bonds.